The summed E-state index contributed by atoms with van der Waals surface area (Å²) in [5.74, 6) is 1.30. The van der Waals surface area contributed by atoms with Crippen molar-refractivity contribution in [1.82, 2.24) is 5.32 Å². The molecule has 2 aliphatic carbocycles. The molecule has 2 bridgehead atoms. The number of fused-ring (bicyclic) bond motifs is 2. The molecule has 0 aromatic heterocycles. The quantitative estimate of drug-likeness (QED) is 0.895. The number of hydrogen-bond acceptors (Lipinski definition) is 2. The molecule has 0 saturated heterocycles. The number of hydrogen-bond donors (Lipinski definition) is 2. The van der Waals surface area contributed by atoms with Crippen LogP contribution in [0.2, 0.25) is 0 Å². The Labute approximate surface area is 139 Å². The minimum absolute atomic E-state index is 0. The van der Waals surface area contributed by atoms with Crippen LogP contribution in [0.5, 0.6) is 0 Å². The number of nitrogens with one attached hydrogen (secondary N) is 1. The van der Waals surface area contributed by atoms with Crippen molar-refractivity contribution in [2.24, 2.45) is 23.5 Å². The number of amides is 1. The molecule has 2 fully saturated rings. The van der Waals surface area contributed by atoms with E-state index in [1.165, 1.54) is 18.4 Å². The van der Waals surface area contributed by atoms with Crippen molar-refractivity contribution < 1.29 is 4.79 Å². The first-order chi connectivity index (χ1) is 9.99. The Bertz CT molecular complexity index is 515. The van der Waals surface area contributed by atoms with Crippen molar-refractivity contribution in [1.29, 1.82) is 0 Å². The van der Waals surface area contributed by atoms with Gasteiger partial charge in [0.05, 0.1) is 5.92 Å². The summed E-state index contributed by atoms with van der Waals surface area (Å²) >= 11 is 0. The molecule has 3 N–H and O–H groups in total. The maximum Gasteiger partial charge on any atom is 0.224 e. The molecule has 0 aliphatic heterocycles. The number of rotatable bonds is 4. The lowest BCUT2D eigenvalue weighted by atomic mass is 9.82. The molecule has 1 aromatic rings. The number of carbonyl (C=O) groups is 1. The van der Waals surface area contributed by atoms with E-state index in [0.717, 1.165) is 6.42 Å². The molecular formula is C18H27ClN2O. The van der Waals surface area contributed by atoms with Crippen molar-refractivity contribution >= 4 is 18.3 Å². The summed E-state index contributed by atoms with van der Waals surface area (Å²) in [5.41, 5.74) is 7.45. The highest BCUT2D eigenvalue weighted by molar-refractivity contribution is 5.85. The Morgan fingerprint density at radius 3 is 2.45 bits per heavy atom. The van der Waals surface area contributed by atoms with E-state index in [0.29, 0.717) is 18.4 Å². The van der Waals surface area contributed by atoms with E-state index in [1.807, 2.05) is 18.2 Å². The third-order valence-electron chi connectivity index (χ3n) is 5.54. The van der Waals surface area contributed by atoms with Gasteiger partial charge in [0.25, 0.3) is 0 Å². The van der Waals surface area contributed by atoms with E-state index in [1.54, 1.807) is 0 Å². The highest BCUT2D eigenvalue weighted by atomic mass is 35.5. The largest absolute Gasteiger partial charge is 0.355 e. The molecule has 22 heavy (non-hydrogen) atoms. The first-order valence-corrected chi connectivity index (χ1v) is 8.08. The van der Waals surface area contributed by atoms with Gasteiger partial charge in [-0.2, -0.15) is 0 Å². The van der Waals surface area contributed by atoms with Gasteiger partial charge in [-0.15, -0.1) is 12.4 Å². The van der Waals surface area contributed by atoms with Crippen LogP contribution in [-0.2, 0) is 10.2 Å². The Hall–Kier alpha value is -1.06. The third-order valence-corrected chi connectivity index (χ3v) is 5.54. The molecule has 2 saturated carbocycles. The third kappa shape index (κ3) is 3.16. The molecule has 1 amide bonds. The van der Waals surface area contributed by atoms with Gasteiger partial charge in [0.1, 0.15) is 0 Å². The topological polar surface area (TPSA) is 55.1 Å². The van der Waals surface area contributed by atoms with Crippen LogP contribution in [0.1, 0.15) is 38.7 Å². The highest BCUT2D eigenvalue weighted by Crippen LogP contribution is 2.47. The maximum atomic E-state index is 12.5. The van der Waals surface area contributed by atoms with Crippen LogP contribution in [0.25, 0.3) is 0 Å². The molecule has 3 rings (SSSR count). The summed E-state index contributed by atoms with van der Waals surface area (Å²) in [5, 5.41) is 3.16. The van der Waals surface area contributed by atoms with Crippen LogP contribution in [0.3, 0.4) is 0 Å². The number of benzene rings is 1. The van der Waals surface area contributed by atoms with Crippen LogP contribution in [-0.4, -0.2) is 18.5 Å². The van der Waals surface area contributed by atoms with Crippen molar-refractivity contribution in [2.45, 2.75) is 44.6 Å². The van der Waals surface area contributed by atoms with Gasteiger partial charge in [0.15, 0.2) is 0 Å². The van der Waals surface area contributed by atoms with Crippen LogP contribution in [0.15, 0.2) is 30.3 Å². The second-order valence-corrected chi connectivity index (χ2v) is 7.40. The fourth-order valence-corrected chi connectivity index (χ4v) is 4.14. The summed E-state index contributed by atoms with van der Waals surface area (Å²) < 4.78 is 0. The molecule has 4 atom stereocenters. The second-order valence-electron chi connectivity index (χ2n) is 7.40. The van der Waals surface area contributed by atoms with Crippen LogP contribution >= 0.6 is 12.4 Å². The molecule has 2 aliphatic rings. The summed E-state index contributed by atoms with van der Waals surface area (Å²) in [6.45, 7) is 5.00. The van der Waals surface area contributed by atoms with E-state index in [9.17, 15) is 4.79 Å². The zero-order valence-corrected chi connectivity index (χ0v) is 14.2. The molecule has 4 heteroatoms. The fraction of sp³-hybridized carbons (Fsp3) is 0.611. The summed E-state index contributed by atoms with van der Waals surface area (Å²) in [4.78, 5) is 12.5. The van der Waals surface area contributed by atoms with Crippen molar-refractivity contribution in [3.05, 3.63) is 35.9 Å². The number of nitrogens with two attached hydrogens (primary N) is 1. The summed E-state index contributed by atoms with van der Waals surface area (Å²) in [6.07, 6.45) is 3.55. The summed E-state index contributed by atoms with van der Waals surface area (Å²) in [6, 6.07) is 10.4. The van der Waals surface area contributed by atoms with Crippen molar-refractivity contribution in [3.8, 4) is 0 Å². The molecule has 4 unspecified atom stereocenters. The van der Waals surface area contributed by atoms with E-state index in [-0.39, 0.29) is 35.7 Å². The lowest BCUT2D eigenvalue weighted by molar-refractivity contribution is -0.127. The zero-order chi connectivity index (χ0) is 15.0. The molecular weight excluding hydrogens is 296 g/mol. The fourth-order valence-electron chi connectivity index (χ4n) is 4.14. The van der Waals surface area contributed by atoms with Gasteiger partial charge in [-0.3, -0.25) is 4.79 Å². The average molecular weight is 323 g/mol. The molecule has 122 valence electrons. The number of halogens is 1. The SMILES string of the molecule is CC(C)(CNC(=O)C1C2CCC(C2)C1N)c1ccccc1.Cl. The Balaban J connectivity index is 0.00000176. The predicted octanol–water partition coefficient (Wildman–Crippen LogP) is 2.88. The molecule has 0 spiro atoms. The second kappa shape index (κ2) is 6.59. The van der Waals surface area contributed by atoms with Gasteiger partial charge < -0.3 is 11.1 Å². The minimum atomic E-state index is -0.0569. The lowest BCUT2D eigenvalue weighted by Crippen LogP contribution is -2.47. The Morgan fingerprint density at radius 1 is 1.23 bits per heavy atom. The van der Waals surface area contributed by atoms with Crippen molar-refractivity contribution in [3.63, 3.8) is 0 Å². The first-order valence-electron chi connectivity index (χ1n) is 8.08. The number of carbonyl (C=O) groups excluding carboxylic acids is 1. The summed E-state index contributed by atoms with van der Waals surface area (Å²) in [7, 11) is 0. The normalized spacial score (nSPS) is 30.0. The minimum Gasteiger partial charge on any atom is -0.355 e. The van der Waals surface area contributed by atoms with Gasteiger partial charge >= 0.3 is 0 Å². The van der Waals surface area contributed by atoms with Crippen molar-refractivity contribution in [2.75, 3.05) is 6.54 Å². The van der Waals surface area contributed by atoms with Crippen LogP contribution in [0, 0.1) is 17.8 Å². The Kier molecular flexibility index (Phi) is 5.18. The smallest absolute Gasteiger partial charge is 0.224 e. The maximum absolute atomic E-state index is 12.5. The molecule has 1 aromatic carbocycles. The van der Waals surface area contributed by atoms with Crippen LogP contribution in [0.4, 0.5) is 0 Å². The van der Waals surface area contributed by atoms with Gasteiger partial charge in [-0.05, 0) is 36.7 Å². The molecule has 0 heterocycles. The standard InChI is InChI=1S/C18H26N2O.ClH/c1-18(2,14-6-4-3-5-7-14)11-20-17(21)15-12-8-9-13(10-12)16(15)19;/h3-7,12-13,15-16H,8-11,19H2,1-2H3,(H,20,21);1H. The van der Waals surface area contributed by atoms with Gasteiger partial charge in [0.2, 0.25) is 5.91 Å². The predicted molar refractivity (Wildman–Crippen MR) is 92.0 cm³/mol. The van der Waals surface area contributed by atoms with Gasteiger partial charge in [-0.25, -0.2) is 0 Å². The van der Waals surface area contributed by atoms with E-state index in [4.69, 9.17) is 5.73 Å². The first kappa shape index (κ1) is 17.3. The Morgan fingerprint density at radius 2 is 1.86 bits per heavy atom. The van der Waals surface area contributed by atoms with E-state index >= 15 is 0 Å². The molecule has 0 radical (unpaired) electrons. The molecule has 3 nitrogen and oxygen atoms in total. The zero-order valence-electron chi connectivity index (χ0n) is 13.4. The van der Waals surface area contributed by atoms with Gasteiger partial charge in [-0.1, -0.05) is 44.2 Å². The lowest BCUT2D eigenvalue weighted by Gasteiger charge is -2.30. The van der Waals surface area contributed by atoms with Gasteiger partial charge in [0, 0.05) is 18.0 Å². The van der Waals surface area contributed by atoms with Crippen LogP contribution < -0.4 is 11.1 Å². The van der Waals surface area contributed by atoms with E-state index < -0.39 is 0 Å². The highest BCUT2D eigenvalue weighted by Gasteiger charge is 2.49. The monoisotopic (exact) mass is 322 g/mol. The average Bonchev–Trinajstić information content (AvgIpc) is 3.07. The van der Waals surface area contributed by atoms with E-state index in [2.05, 4.69) is 31.3 Å².